The van der Waals surface area contributed by atoms with Gasteiger partial charge in [-0.05, 0) is 13.8 Å². The molecule has 1 saturated heterocycles. The largest absolute Gasteiger partial charge is 0.395 e. The number of carbonyl (C=O) groups excluding carboxylic acids is 1. The molecule has 0 atom stereocenters. The molecule has 88 valence electrons. The molecule has 1 aliphatic heterocycles. The van der Waals surface area contributed by atoms with Crippen molar-refractivity contribution in [2.75, 3.05) is 39.4 Å². The van der Waals surface area contributed by atoms with Gasteiger partial charge >= 0.3 is 0 Å². The highest BCUT2D eigenvalue weighted by Gasteiger charge is 2.33. The molecule has 0 bridgehead atoms. The normalized spacial score (nSPS) is 18.3. The summed E-state index contributed by atoms with van der Waals surface area (Å²) in [6, 6.07) is 0. The molecule has 2 N–H and O–H groups in total. The number of hydrogen-bond acceptors (Lipinski definition) is 4. The molecule has 0 radical (unpaired) electrons. The average Bonchev–Trinajstić information content (AvgIpc) is 2.19. The highest BCUT2D eigenvalue weighted by molar-refractivity contribution is 5.77. The lowest BCUT2D eigenvalue weighted by atomic mass is 10.0. The van der Waals surface area contributed by atoms with Crippen molar-refractivity contribution in [1.82, 2.24) is 10.2 Å². The zero-order chi connectivity index (χ0) is 11.3. The van der Waals surface area contributed by atoms with E-state index in [1.165, 1.54) is 0 Å². The molecule has 0 aromatic carbocycles. The smallest absolute Gasteiger partial charge is 0.248 e. The summed E-state index contributed by atoms with van der Waals surface area (Å²) in [6.45, 7) is 6.56. The van der Waals surface area contributed by atoms with Crippen LogP contribution in [0.5, 0.6) is 0 Å². The van der Waals surface area contributed by atoms with E-state index in [0.29, 0.717) is 13.1 Å². The molecule has 1 heterocycles. The molecule has 1 aliphatic rings. The fourth-order valence-corrected chi connectivity index (χ4v) is 1.49. The van der Waals surface area contributed by atoms with Gasteiger partial charge in [0.25, 0.3) is 0 Å². The van der Waals surface area contributed by atoms with Crippen molar-refractivity contribution in [2.24, 2.45) is 0 Å². The van der Waals surface area contributed by atoms with Gasteiger partial charge in [-0.1, -0.05) is 0 Å². The molecular formula is C10H20N2O3. The van der Waals surface area contributed by atoms with Gasteiger partial charge in [-0.2, -0.15) is 0 Å². The minimum absolute atomic E-state index is 0.00158. The van der Waals surface area contributed by atoms with E-state index in [9.17, 15) is 4.79 Å². The molecule has 0 aliphatic carbocycles. The number of nitrogens with one attached hydrogen (secondary N) is 1. The summed E-state index contributed by atoms with van der Waals surface area (Å²) in [5, 5.41) is 11.9. The first-order chi connectivity index (χ1) is 7.11. The molecule has 1 amide bonds. The highest BCUT2D eigenvalue weighted by Crippen LogP contribution is 2.14. The van der Waals surface area contributed by atoms with Crippen LogP contribution in [0.1, 0.15) is 13.8 Å². The second-order valence-corrected chi connectivity index (χ2v) is 4.04. The summed E-state index contributed by atoms with van der Waals surface area (Å²) < 4.78 is 5.52. The van der Waals surface area contributed by atoms with E-state index in [1.807, 2.05) is 13.8 Å². The van der Waals surface area contributed by atoms with Gasteiger partial charge in [-0.3, -0.25) is 4.79 Å². The minimum Gasteiger partial charge on any atom is -0.395 e. The van der Waals surface area contributed by atoms with Crippen molar-refractivity contribution in [3.63, 3.8) is 0 Å². The van der Waals surface area contributed by atoms with E-state index >= 15 is 0 Å². The van der Waals surface area contributed by atoms with E-state index in [0.717, 1.165) is 13.1 Å². The van der Waals surface area contributed by atoms with Crippen LogP contribution in [0.2, 0.25) is 0 Å². The number of hydrogen-bond donors (Lipinski definition) is 2. The van der Waals surface area contributed by atoms with Crippen molar-refractivity contribution >= 4 is 5.91 Å². The van der Waals surface area contributed by atoms with Crippen LogP contribution in [0.4, 0.5) is 0 Å². The third kappa shape index (κ3) is 3.44. The first kappa shape index (κ1) is 12.4. The Labute approximate surface area is 90.4 Å². The molecule has 0 saturated carbocycles. The number of amides is 1. The molecule has 15 heavy (non-hydrogen) atoms. The highest BCUT2D eigenvalue weighted by atomic mass is 16.5. The van der Waals surface area contributed by atoms with Crippen LogP contribution < -0.4 is 5.32 Å². The van der Waals surface area contributed by atoms with Crippen LogP contribution >= 0.6 is 0 Å². The van der Waals surface area contributed by atoms with Crippen molar-refractivity contribution in [3.8, 4) is 0 Å². The predicted molar refractivity (Wildman–Crippen MR) is 56.6 cm³/mol. The van der Waals surface area contributed by atoms with Gasteiger partial charge in [-0.25, -0.2) is 0 Å². The van der Waals surface area contributed by atoms with Crippen LogP contribution in [0.15, 0.2) is 0 Å². The summed E-state index contributed by atoms with van der Waals surface area (Å²) in [5.74, 6) is -0.0559. The third-order valence-corrected chi connectivity index (χ3v) is 2.65. The maximum absolute atomic E-state index is 11.6. The number of rotatable bonds is 6. The van der Waals surface area contributed by atoms with E-state index < -0.39 is 0 Å². The number of nitrogens with zero attached hydrogens (tertiary/aromatic N) is 1. The molecule has 1 fully saturated rings. The molecule has 0 spiro atoms. The lowest BCUT2D eigenvalue weighted by Gasteiger charge is -2.39. The Kier molecular flexibility index (Phi) is 4.50. The maximum atomic E-state index is 11.6. The van der Waals surface area contributed by atoms with Gasteiger partial charge in [0.15, 0.2) is 0 Å². The van der Waals surface area contributed by atoms with E-state index in [-0.39, 0.29) is 24.7 Å². The second-order valence-electron chi connectivity index (χ2n) is 4.04. The van der Waals surface area contributed by atoms with Gasteiger partial charge in [0.1, 0.15) is 6.61 Å². The van der Waals surface area contributed by atoms with Gasteiger partial charge in [0.05, 0.1) is 12.2 Å². The fourth-order valence-electron chi connectivity index (χ4n) is 1.49. The molecule has 0 aromatic heterocycles. The average molecular weight is 216 g/mol. The van der Waals surface area contributed by atoms with Crippen LogP contribution in [-0.4, -0.2) is 60.9 Å². The van der Waals surface area contributed by atoms with Crippen LogP contribution in [-0.2, 0) is 9.53 Å². The summed E-state index contributed by atoms with van der Waals surface area (Å²) in [7, 11) is 0. The standard InChI is InChI=1S/C10H20N2O3/c1-3-12(4-5-13)9(14)6-15-10(2)7-11-8-10/h11,13H,3-8H2,1-2H3. The van der Waals surface area contributed by atoms with E-state index in [4.69, 9.17) is 9.84 Å². The molecular weight excluding hydrogens is 196 g/mol. The second kappa shape index (κ2) is 5.44. The lowest BCUT2D eigenvalue weighted by Crippen LogP contribution is -2.59. The first-order valence-corrected chi connectivity index (χ1v) is 5.34. The molecule has 0 aromatic rings. The Morgan fingerprint density at radius 1 is 1.60 bits per heavy atom. The van der Waals surface area contributed by atoms with E-state index in [1.54, 1.807) is 4.90 Å². The van der Waals surface area contributed by atoms with Crippen molar-refractivity contribution in [1.29, 1.82) is 0 Å². The van der Waals surface area contributed by atoms with Crippen molar-refractivity contribution in [2.45, 2.75) is 19.4 Å². The lowest BCUT2D eigenvalue weighted by molar-refractivity contribution is -0.146. The SMILES string of the molecule is CCN(CCO)C(=O)COC1(C)CNC1. The van der Waals surface area contributed by atoms with Crippen LogP contribution in [0.3, 0.4) is 0 Å². The molecule has 0 unspecified atom stereocenters. The number of aliphatic hydroxyl groups is 1. The Bertz CT molecular complexity index is 217. The summed E-state index contributed by atoms with van der Waals surface area (Å²) in [5.41, 5.74) is -0.186. The zero-order valence-corrected chi connectivity index (χ0v) is 9.45. The van der Waals surface area contributed by atoms with Crippen molar-refractivity contribution in [3.05, 3.63) is 0 Å². The third-order valence-electron chi connectivity index (χ3n) is 2.65. The zero-order valence-electron chi connectivity index (χ0n) is 9.45. The number of carbonyl (C=O) groups is 1. The van der Waals surface area contributed by atoms with Gasteiger partial charge < -0.3 is 20.1 Å². The number of aliphatic hydroxyl groups excluding tert-OH is 1. The van der Waals surface area contributed by atoms with E-state index in [2.05, 4.69) is 5.32 Å². The van der Waals surface area contributed by atoms with Gasteiger partial charge in [-0.15, -0.1) is 0 Å². The Balaban J connectivity index is 2.27. The monoisotopic (exact) mass is 216 g/mol. The van der Waals surface area contributed by atoms with Crippen LogP contribution in [0.25, 0.3) is 0 Å². The van der Waals surface area contributed by atoms with Gasteiger partial charge in [0.2, 0.25) is 5.91 Å². The van der Waals surface area contributed by atoms with Crippen LogP contribution in [0, 0.1) is 0 Å². The molecule has 1 rings (SSSR count). The summed E-state index contributed by atoms with van der Waals surface area (Å²) >= 11 is 0. The quantitative estimate of drug-likeness (QED) is 0.610. The minimum atomic E-state index is -0.186. The van der Waals surface area contributed by atoms with Crippen molar-refractivity contribution < 1.29 is 14.6 Å². The molecule has 5 nitrogen and oxygen atoms in total. The first-order valence-electron chi connectivity index (χ1n) is 5.34. The Hall–Kier alpha value is -0.650. The topological polar surface area (TPSA) is 61.8 Å². The number of likely N-dealkylation sites (N-methyl/N-ethyl adjacent to an activating group) is 1. The number of ether oxygens (including phenoxy) is 1. The molecule has 5 heteroatoms. The Morgan fingerprint density at radius 2 is 2.27 bits per heavy atom. The summed E-state index contributed by atoms with van der Waals surface area (Å²) in [6.07, 6.45) is 0. The maximum Gasteiger partial charge on any atom is 0.248 e. The summed E-state index contributed by atoms with van der Waals surface area (Å²) in [4.78, 5) is 13.2. The fraction of sp³-hybridized carbons (Fsp3) is 0.900. The van der Waals surface area contributed by atoms with Gasteiger partial charge in [0, 0.05) is 26.2 Å². The predicted octanol–water partition coefficient (Wildman–Crippen LogP) is -0.794. The Morgan fingerprint density at radius 3 is 2.67 bits per heavy atom.